The molecule has 0 heterocycles. The molecule has 1 aliphatic rings. The van der Waals surface area contributed by atoms with Crippen molar-refractivity contribution < 1.29 is 14.7 Å². The SMILES string of the molecule is Cc1cc(NC(=O)C(C)(N)C2CC2)ccc1C(=O)O. The van der Waals surface area contributed by atoms with Crippen LogP contribution in [0.5, 0.6) is 0 Å². The van der Waals surface area contributed by atoms with E-state index in [-0.39, 0.29) is 17.4 Å². The Balaban J connectivity index is 2.13. The number of hydrogen-bond acceptors (Lipinski definition) is 3. The number of aromatic carboxylic acids is 1. The first kappa shape index (κ1) is 13.5. The van der Waals surface area contributed by atoms with Gasteiger partial charge in [-0.15, -0.1) is 0 Å². The molecule has 5 nitrogen and oxygen atoms in total. The minimum atomic E-state index is -0.975. The number of carboxylic acid groups (broad SMARTS) is 1. The van der Waals surface area contributed by atoms with Crippen LogP contribution in [0.25, 0.3) is 0 Å². The lowest BCUT2D eigenvalue weighted by atomic mass is 9.96. The van der Waals surface area contributed by atoms with E-state index in [1.165, 1.54) is 6.07 Å². The lowest BCUT2D eigenvalue weighted by Crippen LogP contribution is -2.50. The van der Waals surface area contributed by atoms with Crippen LogP contribution in [-0.4, -0.2) is 22.5 Å². The van der Waals surface area contributed by atoms with Crippen LogP contribution in [0, 0.1) is 12.8 Å². The van der Waals surface area contributed by atoms with Gasteiger partial charge in [0.15, 0.2) is 0 Å². The third-order valence-electron chi connectivity index (χ3n) is 3.63. The molecule has 1 amide bonds. The number of rotatable bonds is 4. The van der Waals surface area contributed by atoms with Crippen molar-refractivity contribution in [1.82, 2.24) is 0 Å². The third kappa shape index (κ3) is 2.76. The van der Waals surface area contributed by atoms with Gasteiger partial charge in [0.25, 0.3) is 0 Å². The van der Waals surface area contributed by atoms with E-state index in [1.807, 2.05) is 0 Å². The lowest BCUT2D eigenvalue weighted by molar-refractivity contribution is -0.121. The Morgan fingerprint density at radius 3 is 2.53 bits per heavy atom. The van der Waals surface area contributed by atoms with Gasteiger partial charge in [0.1, 0.15) is 0 Å². The van der Waals surface area contributed by atoms with Crippen LogP contribution in [0.15, 0.2) is 18.2 Å². The zero-order valence-corrected chi connectivity index (χ0v) is 11.1. The molecular formula is C14H18N2O3. The van der Waals surface area contributed by atoms with E-state index < -0.39 is 11.5 Å². The molecule has 0 radical (unpaired) electrons. The van der Waals surface area contributed by atoms with Gasteiger partial charge < -0.3 is 16.2 Å². The van der Waals surface area contributed by atoms with Gasteiger partial charge in [-0.05, 0) is 56.4 Å². The Morgan fingerprint density at radius 2 is 2.05 bits per heavy atom. The minimum Gasteiger partial charge on any atom is -0.478 e. The molecule has 1 aromatic carbocycles. The standard InChI is InChI=1S/C14H18N2O3/c1-8-7-10(5-6-11(8)12(17)18)16-13(19)14(2,15)9-3-4-9/h5-7,9H,3-4,15H2,1-2H3,(H,16,19)(H,17,18). The molecule has 1 aliphatic carbocycles. The fraction of sp³-hybridized carbons (Fsp3) is 0.429. The summed E-state index contributed by atoms with van der Waals surface area (Å²) in [5.41, 5.74) is 6.57. The van der Waals surface area contributed by atoms with Gasteiger partial charge in [0.05, 0.1) is 11.1 Å². The Hall–Kier alpha value is -1.88. The van der Waals surface area contributed by atoms with Crippen LogP contribution in [-0.2, 0) is 4.79 Å². The number of carbonyl (C=O) groups is 2. The summed E-state index contributed by atoms with van der Waals surface area (Å²) < 4.78 is 0. The number of nitrogens with two attached hydrogens (primary N) is 1. The number of carbonyl (C=O) groups excluding carboxylic acids is 1. The van der Waals surface area contributed by atoms with Crippen molar-refractivity contribution >= 4 is 17.6 Å². The molecule has 0 aliphatic heterocycles. The first-order valence-electron chi connectivity index (χ1n) is 6.26. The van der Waals surface area contributed by atoms with Gasteiger partial charge in [-0.2, -0.15) is 0 Å². The molecule has 102 valence electrons. The highest BCUT2D eigenvalue weighted by Crippen LogP contribution is 2.38. The zero-order chi connectivity index (χ0) is 14.2. The Kier molecular flexibility index (Phi) is 3.32. The summed E-state index contributed by atoms with van der Waals surface area (Å²) in [6.45, 7) is 3.43. The summed E-state index contributed by atoms with van der Waals surface area (Å²) >= 11 is 0. The first-order chi connectivity index (χ1) is 8.82. The second kappa shape index (κ2) is 4.66. The molecule has 4 N–H and O–H groups in total. The smallest absolute Gasteiger partial charge is 0.335 e. The fourth-order valence-corrected chi connectivity index (χ4v) is 2.12. The Labute approximate surface area is 111 Å². The number of amides is 1. The largest absolute Gasteiger partial charge is 0.478 e. The third-order valence-corrected chi connectivity index (χ3v) is 3.63. The highest BCUT2D eigenvalue weighted by atomic mass is 16.4. The maximum atomic E-state index is 12.1. The maximum absolute atomic E-state index is 12.1. The van der Waals surface area contributed by atoms with E-state index in [4.69, 9.17) is 10.8 Å². The first-order valence-corrected chi connectivity index (χ1v) is 6.26. The van der Waals surface area contributed by atoms with Crippen LogP contribution in [0.2, 0.25) is 0 Å². The number of anilines is 1. The van der Waals surface area contributed by atoms with Gasteiger partial charge >= 0.3 is 5.97 Å². The summed E-state index contributed by atoms with van der Waals surface area (Å²) in [5, 5.41) is 11.7. The topological polar surface area (TPSA) is 92.4 Å². The van der Waals surface area contributed by atoms with E-state index in [0.29, 0.717) is 11.3 Å². The van der Waals surface area contributed by atoms with Gasteiger partial charge in [-0.1, -0.05) is 0 Å². The molecule has 1 aromatic rings. The Bertz CT molecular complexity index is 533. The molecule has 1 fully saturated rings. The average Bonchev–Trinajstić information content (AvgIpc) is 3.12. The predicted molar refractivity (Wildman–Crippen MR) is 72.1 cm³/mol. The summed E-state index contributed by atoms with van der Waals surface area (Å²) in [4.78, 5) is 23.0. The summed E-state index contributed by atoms with van der Waals surface area (Å²) in [7, 11) is 0. The molecule has 0 saturated heterocycles. The fourth-order valence-electron chi connectivity index (χ4n) is 2.12. The van der Waals surface area contributed by atoms with Gasteiger partial charge in [0.2, 0.25) is 5.91 Å². The molecule has 1 saturated carbocycles. The quantitative estimate of drug-likeness (QED) is 0.770. The lowest BCUT2D eigenvalue weighted by Gasteiger charge is -2.23. The molecule has 0 spiro atoms. The van der Waals surface area contributed by atoms with Gasteiger partial charge in [-0.25, -0.2) is 4.79 Å². The van der Waals surface area contributed by atoms with Crippen molar-refractivity contribution in [2.24, 2.45) is 11.7 Å². The predicted octanol–water partition coefficient (Wildman–Crippen LogP) is 1.76. The molecule has 0 aromatic heterocycles. The molecule has 1 unspecified atom stereocenters. The van der Waals surface area contributed by atoms with Gasteiger partial charge in [-0.3, -0.25) is 4.79 Å². The van der Waals surface area contributed by atoms with Gasteiger partial charge in [0, 0.05) is 5.69 Å². The molecular weight excluding hydrogens is 244 g/mol. The van der Waals surface area contributed by atoms with Crippen LogP contribution < -0.4 is 11.1 Å². The minimum absolute atomic E-state index is 0.225. The number of carboxylic acids is 1. The average molecular weight is 262 g/mol. The summed E-state index contributed by atoms with van der Waals surface area (Å²) in [5.74, 6) is -0.957. The van der Waals surface area contributed by atoms with Crippen molar-refractivity contribution in [3.05, 3.63) is 29.3 Å². The highest BCUT2D eigenvalue weighted by Gasteiger charge is 2.44. The van der Waals surface area contributed by atoms with Crippen molar-refractivity contribution in [3.63, 3.8) is 0 Å². The molecule has 1 atom stereocenters. The van der Waals surface area contributed by atoms with E-state index in [2.05, 4.69) is 5.32 Å². The highest BCUT2D eigenvalue weighted by molar-refractivity contribution is 5.99. The second-order valence-electron chi connectivity index (χ2n) is 5.35. The number of benzene rings is 1. The number of nitrogens with one attached hydrogen (secondary N) is 1. The van der Waals surface area contributed by atoms with E-state index >= 15 is 0 Å². The molecule has 19 heavy (non-hydrogen) atoms. The van der Waals surface area contributed by atoms with E-state index in [9.17, 15) is 9.59 Å². The van der Waals surface area contributed by atoms with Crippen LogP contribution in [0.3, 0.4) is 0 Å². The zero-order valence-electron chi connectivity index (χ0n) is 11.1. The van der Waals surface area contributed by atoms with Crippen molar-refractivity contribution in [3.8, 4) is 0 Å². The Morgan fingerprint density at radius 1 is 1.42 bits per heavy atom. The number of hydrogen-bond donors (Lipinski definition) is 3. The van der Waals surface area contributed by atoms with Crippen LogP contribution in [0.4, 0.5) is 5.69 Å². The summed E-state index contributed by atoms with van der Waals surface area (Å²) in [6.07, 6.45) is 1.97. The maximum Gasteiger partial charge on any atom is 0.335 e. The molecule has 0 bridgehead atoms. The molecule has 2 rings (SSSR count). The van der Waals surface area contributed by atoms with E-state index in [1.54, 1.807) is 26.0 Å². The number of aryl methyl sites for hydroxylation is 1. The molecule has 5 heteroatoms. The van der Waals surface area contributed by atoms with Crippen LogP contribution >= 0.6 is 0 Å². The summed E-state index contributed by atoms with van der Waals surface area (Å²) in [6, 6.07) is 4.71. The van der Waals surface area contributed by atoms with Crippen molar-refractivity contribution in [1.29, 1.82) is 0 Å². The van der Waals surface area contributed by atoms with E-state index in [0.717, 1.165) is 12.8 Å². The van der Waals surface area contributed by atoms with Crippen molar-refractivity contribution in [2.45, 2.75) is 32.2 Å². The monoisotopic (exact) mass is 262 g/mol. The van der Waals surface area contributed by atoms with Crippen LogP contribution in [0.1, 0.15) is 35.7 Å². The second-order valence-corrected chi connectivity index (χ2v) is 5.35. The normalized spacial score (nSPS) is 17.6. The van der Waals surface area contributed by atoms with Crippen molar-refractivity contribution in [2.75, 3.05) is 5.32 Å².